The van der Waals surface area contributed by atoms with Crippen molar-refractivity contribution in [3.05, 3.63) is 34.4 Å². The normalized spacial score (nSPS) is 10.9. The van der Waals surface area contributed by atoms with E-state index >= 15 is 0 Å². The highest BCUT2D eigenvalue weighted by atomic mass is 14.3. The standard InChI is InChI=1S/C34H56N2/c1-3-5-7-9-11-13-15-17-19-21-23-25-31-27-33(29-35)34(30-36)28-32(31)26-24-22-20-18-16-14-12-10-8-6-4-2/h27-28H,3-26H2,1-2H3. The lowest BCUT2D eigenvalue weighted by Gasteiger charge is -2.12. The van der Waals surface area contributed by atoms with Crippen LogP contribution in [0.1, 0.15) is 177 Å². The molecule has 0 unspecified atom stereocenters. The molecule has 0 aliphatic rings. The molecule has 2 nitrogen and oxygen atoms in total. The first-order chi connectivity index (χ1) is 17.8. The van der Waals surface area contributed by atoms with Crippen LogP contribution in [-0.2, 0) is 12.8 Å². The van der Waals surface area contributed by atoms with Crippen molar-refractivity contribution in [1.82, 2.24) is 0 Å². The van der Waals surface area contributed by atoms with Crippen molar-refractivity contribution in [2.45, 2.75) is 168 Å². The van der Waals surface area contributed by atoms with Crippen LogP contribution in [0.5, 0.6) is 0 Å². The molecule has 2 heteroatoms. The molecule has 0 saturated heterocycles. The van der Waals surface area contributed by atoms with E-state index < -0.39 is 0 Å². The minimum absolute atomic E-state index is 0.554. The maximum absolute atomic E-state index is 9.50. The van der Waals surface area contributed by atoms with E-state index in [1.54, 1.807) is 0 Å². The van der Waals surface area contributed by atoms with E-state index in [1.165, 1.54) is 152 Å². The molecule has 0 N–H and O–H groups in total. The smallest absolute Gasteiger partial charge is 0.101 e. The molecule has 1 rings (SSSR count). The van der Waals surface area contributed by atoms with Gasteiger partial charge in [0.1, 0.15) is 12.1 Å². The molecule has 0 atom stereocenters. The van der Waals surface area contributed by atoms with Crippen LogP contribution in [0.3, 0.4) is 0 Å². The quantitative estimate of drug-likeness (QED) is 0.135. The Labute approximate surface area is 224 Å². The third kappa shape index (κ3) is 16.0. The zero-order valence-electron chi connectivity index (χ0n) is 24.0. The second-order valence-corrected chi connectivity index (χ2v) is 11.0. The lowest BCUT2D eigenvalue weighted by Crippen LogP contribution is -1.99. The van der Waals surface area contributed by atoms with Crippen molar-refractivity contribution in [2.75, 3.05) is 0 Å². The third-order valence-corrected chi connectivity index (χ3v) is 7.68. The zero-order valence-corrected chi connectivity index (χ0v) is 24.0. The Morgan fingerprint density at radius 2 is 0.667 bits per heavy atom. The molecule has 0 amide bonds. The van der Waals surface area contributed by atoms with Crippen LogP contribution in [0.4, 0.5) is 0 Å². The molecule has 0 heterocycles. The van der Waals surface area contributed by atoms with E-state index in [4.69, 9.17) is 0 Å². The van der Waals surface area contributed by atoms with Crippen molar-refractivity contribution >= 4 is 0 Å². The molecule has 202 valence electrons. The molecule has 0 radical (unpaired) electrons. The van der Waals surface area contributed by atoms with E-state index in [9.17, 15) is 10.5 Å². The summed E-state index contributed by atoms with van der Waals surface area (Å²) in [6.07, 6.45) is 31.8. The molecular weight excluding hydrogens is 436 g/mol. The Balaban J connectivity index is 2.31. The minimum atomic E-state index is 0.554. The summed E-state index contributed by atoms with van der Waals surface area (Å²) >= 11 is 0. The predicted molar refractivity (Wildman–Crippen MR) is 156 cm³/mol. The Kier molecular flexibility index (Phi) is 21.1. The fourth-order valence-corrected chi connectivity index (χ4v) is 5.30. The number of nitrogens with zero attached hydrogens (tertiary/aromatic N) is 2. The summed E-state index contributed by atoms with van der Waals surface area (Å²) in [5.74, 6) is 0. The summed E-state index contributed by atoms with van der Waals surface area (Å²) in [7, 11) is 0. The van der Waals surface area contributed by atoms with Crippen LogP contribution in [0.15, 0.2) is 12.1 Å². The first-order valence-electron chi connectivity index (χ1n) is 15.7. The van der Waals surface area contributed by atoms with Crippen molar-refractivity contribution in [3.63, 3.8) is 0 Å². The van der Waals surface area contributed by atoms with Crippen LogP contribution < -0.4 is 0 Å². The average molecular weight is 493 g/mol. The molecule has 0 saturated carbocycles. The summed E-state index contributed by atoms with van der Waals surface area (Å²) in [5.41, 5.74) is 3.73. The van der Waals surface area contributed by atoms with Crippen molar-refractivity contribution in [3.8, 4) is 12.1 Å². The Hall–Kier alpha value is -1.80. The van der Waals surface area contributed by atoms with Gasteiger partial charge in [-0.25, -0.2) is 0 Å². The van der Waals surface area contributed by atoms with Gasteiger partial charge in [0, 0.05) is 0 Å². The van der Waals surface area contributed by atoms with Crippen molar-refractivity contribution in [1.29, 1.82) is 10.5 Å². The van der Waals surface area contributed by atoms with Crippen LogP contribution in [0, 0.1) is 22.7 Å². The van der Waals surface area contributed by atoms with E-state index in [1.807, 2.05) is 12.1 Å². The molecule has 0 aromatic heterocycles. The van der Waals surface area contributed by atoms with Gasteiger partial charge < -0.3 is 0 Å². The number of nitriles is 2. The largest absolute Gasteiger partial charge is 0.192 e. The van der Waals surface area contributed by atoms with Gasteiger partial charge in [-0.15, -0.1) is 0 Å². The summed E-state index contributed by atoms with van der Waals surface area (Å²) in [5, 5.41) is 19.0. The maximum Gasteiger partial charge on any atom is 0.101 e. The van der Waals surface area contributed by atoms with Gasteiger partial charge in [-0.1, -0.05) is 142 Å². The highest BCUT2D eigenvalue weighted by Crippen LogP contribution is 2.22. The van der Waals surface area contributed by atoms with Gasteiger partial charge >= 0.3 is 0 Å². The second-order valence-electron chi connectivity index (χ2n) is 11.0. The molecule has 0 aliphatic carbocycles. The molecule has 0 aliphatic heterocycles. The monoisotopic (exact) mass is 492 g/mol. The van der Waals surface area contributed by atoms with Gasteiger partial charge in [0.25, 0.3) is 0 Å². The third-order valence-electron chi connectivity index (χ3n) is 7.68. The van der Waals surface area contributed by atoms with Gasteiger partial charge in [0.05, 0.1) is 11.1 Å². The van der Waals surface area contributed by atoms with Crippen molar-refractivity contribution in [2.24, 2.45) is 0 Å². The molecule has 36 heavy (non-hydrogen) atoms. The highest BCUT2D eigenvalue weighted by Gasteiger charge is 2.10. The zero-order chi connectivity index (χ0) is 26.1. The van der Waals surface area contributed by atoms with Crippen LogP contribution >= 0.6 is 0 Å². The first kappa shape index (κ1) is 32.2. The van der Waals surface area contributed by atoms with Gasteiger partial charge in [-0.3, -0.25) is 0 Å². The Morgan fingerprint density at radius 3 is 0.917 bits per heavy atom. The van der Waals surface area contributed by atoms with E-state index in [0.29, 0.717) is 11.1 Å². The molecule has 0 fully saturated rings. The van der Waals surface area contributed by atoms with Gasteiger partial charge in [0.2, 0.25) is 0 Å². The van der Waals surface area contributed by atoms with E-state index in [0.717, 1.165) is 12.8 Å². The van der Waals surface area contributed by atoms with Gasteiger partial charge in [-0.05, 0) is 48.9 Å². The summed E-state index contributed by atoms with van der Waals surface area (Å²) in [4.78, 5) is 0. The number of rotatable bonds is 24. The lowest BCUT2D eigenvalue weighted by molar-refractivity contribution is 0.547. The molecule has 0 bridgehead atoms. The Morgan fingerprint density at radius 1 is 0.417 bits per heavy atom. The molecule has 1 aromatic rings. The van der Waals surface area contributed by atoms with Gasteiger partial charge in [0.15, 0.2) is 0 Å². The highest BCUT2D eigenvalue weighted by molar-refractivity contribution is 5.50. The van der Waals surface area contributed by atoms with Crippen molar-refractivity contribution < 1.29 is 0 Å². The molecule has 1 aromatic carbocycles. The van der Waals surface area contributed by atoms with E-state index in [2.05, 4.69) is 26.0 Å². The van der Waals surface area contributed by atoms with Gasteiger partial charge in [-0.2, -0.15) is 10.5 Å². The number of hydrogen-bond acceptors (Lipinski definition) is 2. The Bertz CT molecular complexity index is 674. The topological polar surface area (TPSA) is 47.6 Å². The number of unbranched alkanes of at least 4 members (excludes halogenated alkanes) is 20. The molecular formula is C34H56N2. The maximum atomic E-state index is 9.50. The number of aryl methyl sites for hydroxylation is 2. The lowest BCUT2D eigenvalue weighted by atomic mass is 9.92. The predicted octanol–water partition coefficient (Wildman–Crippen LogP) is 11.1. The SMILES string of the molecule is CCCCCCCCCCCCCc1cc(C#N)c(C#N)cc1CCCCCCCCCCCCC. The number of hydrogen-bond donors (Lipinski definition) is 0. The number of benzene rings is 1. The summed E-state index contributed by atoms with van der Waals surface area (Å²) in [6.45, 7) is 4.56. The van der Waals surface area contributed by atoms with Crippen LogP contribution in [0.25, 0.3) is 0 Å². The fraction of sp³-hybridized carbons (Fsp3) is 0.765. The van der Waals surface area contributed by atoms with E-state index in [-0.39, 0.29) is 0 Å². The van der Waals surface area contributed by atoms with Crippen LogP contribution in [-0.4, -0.2) is 0 Å². The second kappa shape index (κ2) is 23.6. The summed E-state index contributed by atoms with van der Waals surface area (Å²) < 4.78 is 0. The fourth-order valence-electron chi connectivity index (χ4n) is 5.30. The first-order valence-corrected chi connectivity index (χ1v) is 15.7. The average Bonchev–Trinajstić information content (AvgIpc) is 2.90. The molecule has 0 spiro atoms. The minimum Gasteiger partial charge on any atom is -0.192 e. The van der Waals surface area contributed by atoms with Crippen LogP contribution in [0.2, 0.25) is 0 Å². The summed E-state index contributed by atoms with van der Waals surface area (Å²) in [6, 6.07) is 8.53.